The first kappa shape index (κ1) is 24.4. The smallest absolute Gasteiger partial charge is 0.417 e. The van der Waals surface area contributed by atoms with Crippen LogP contribution in [0.25, 0.3) is 11.4 Å². The van der Waals surface area contributed by atoms with Crippen molar-refractivity contribution in [1.29, 1.82) is 0 Å². The second kappa shape index (κ2) is 9.51. The number of hydrogen-bond acceptors (Lipinski definition) is 5. The molecule has 4 rings (SSSR count). The predicted octanol–water partition coefficient (Wildman–Crippen LogP) is 5.05. The largest absolute Gasteiger partial charge is 0.470 e. The van der Waals surface area contributed by atoms with Crippen LogP contribution >= 0.6 is 0 Å². The zero-order chi connectivity index (χ0) is 25.3. The van der Waals surface area contributed by atoms with E-state index in [2.05, 4.69) is 15.0 Å². The summed E-state index contributed by atoms with van der Waals surface area (Å²) in [5.74, 6) is -4.18. The standard InChI is InChI=1S/C23H18F6N4O2/c1-12-18(35-21-17(26)8-13(9-32-21)23(27,28)29)6-3-7-33(12)22(34)15-4-2-5-16(25)19(15)20-30-10-14(24)11-31-20/h2,4-5,8-12,18H,3,6-7H2,1H3. The van der Waals surface area contributed by atoms with Gasteiger partial charge in [0, 0.05) is 12.7 Å². The van der Waals surface area contributed by atoms with E-state index < -0.39 is 53.1 Å². The van der Waals surface area contributed by atoms with Gasteiger partial charge in [0.05, 0.1) is 35.1 Å². The van der Waals surface area contributed by atoms with E-state index in [1.807, 2.05) is 0 Å². The molecule has 0 bridgehead atoms. The molecule has 0 saturated carbocycles. The quantitative estimate of drug-likeness (QED) is 0.473. The van der Waals surface area contributed by atoms with Crippen LogP contribution in [0, 0.1) is 17.5 Å². The summed E-state index contributed by atoms with van der Waals surface area (Å²) in [5.41, 5.74) is -1.52. The monoisotopic (exact) mass is 496 g/mol. The van der Waals surface area contributed by atoms with Crippen LogP contribution in [-0.2, 0) is 6.18 Å². The number of aromatic nitrogens is 3. The molecule has 184 valence electrons. The average Bonchev–Trinajstić information content (AvgIpc) is 2.81. The number of benzene rings is 1. The van der Waals surface area contributed by atoms with E-state index in [0.29, 0.717) is 25.1 Å². The van der Waals surface area contributed by atoms with Crippen LogP contribution in [0.5, 0.6) is 5.88 Å². The summed E-state index contributed by atoms with van der Waals surface area (Å²) < 4.78 is 86.1. The van der Waals surface area contributed by atoms with Gasteiger partial charge in [0.25, 0.3) is 11.8 Å². The zero-order valence-electron chi connectivity index (χ0n) is 18.2. The molecule has 1 saturated heterocycles. The number of pyridine rings is 1. The molecule has 0 aliphatic carbocycles. The number of likely N-dealkylation sites (tertiary alicyclic amines) is 1. The van der Waals surface area contributed by atoms with E-state index in [4.69, 9.17) is 4.74 Å². The number of alkyl halides is 3. The molecule has 1 aromatic carbocycles. The third kappa shape index (κ3) is 5.05. The Morgan fingerprint density at radius 1 is 1.06 bits per heavy atom. The van der Waals surface area contributed by atoms with E-state index in [-0.39, 0.29) is 23.5 Å². The van der Waals surface area contributed by atoms with Gasteiger partial charge in [0.2, 0.25) is 0 Å². The van der Waals surface area contributed by atoms with Crippen molar-refractivity contribution in [3.63, 3.8) is 0 Å². The summed E-state index contributed by atoms with van der Waals surface area (Å²) in [6.45, 7) is 1.89. The van der Waals surface area contributed by atoms with Crippen molar-refractivity contribution in [1.82, 2.24) is 19.9 Å². The van der Waals surface area contributed by atoms with Gasteiger partial charge in [-0.3, -0.25) is 4.79 Å². The molecule has 3 aromatic rings. The van der Waals surface area contributed by atoms with Crippen LogP contribution in [0.4, 0.5) is 26.3 Å². The van der Waals surface area contributed by atoms with Crippen LogP contribution in [0.1, 0.15) is 35.7 Å². The van der Waals surface area contributed by atoms with Crippen molar-refractivity contribution >= 4 is 5.91 Å². The summed E-state index contributed by atoms with van der Waals surface area (Å²) in [5, 5.41) is 0. The minimum Gasteiger partial charge on any atom is -0.470 e. The number of halogens is 6. The fraction of sp³-hybridized carbons (Fsp3) is 0.304. The Morgan fingerprint density at radius 3 is 2.43 bits per heavy atom. The van der Waals surface area contributed by atoms with E-state index in [0.717, 1.165) is 18.5 Å². The minimum atomic E-state index is -4.76. The number of carbonyl (C=O) groups excluding carboxylic acids is 1. The molecule has 1 aliphatic heterocycles. The molecule has 0 N–H and O–H groups in total. The lowest BCUT2D eigenvalue weighted by molar-refractivity contribution is -0.138. The highest BCUT2D eigenvalue weighted by atomic mass is 19.4. The topological polar surface area (TPSA) is 68.2 Å². The van der Waals surface area contributed by atoms with Crippen LogP contribution in [0.15, 0.2) is 42.9 Å². The summed E-state index contributed by atoms with van der Waals surface area (Å²) in [7, 11) is 0. The molecule has 2 atom stereocenters. The highest BCUT2D eigenvalue weighted by molar-refractivity contribution is 6.00. The molecule has 0 spiro atoms. The molecule has 2 aromatic heterocycles. The lowest BCUT2D eigenvalue weighted by Gasteiger charge is -2.39. The lowest BCUT2D eigenvalue weighted by Crippen LogP contribution is -2.51. The highest BCUT2D eigenvalue weighted by Crippen LogP contribution is 2.32. The normalized spacial score (nSPS) is 18.4. The van der Waals surface area contributed by atoms with Gasteiger partial charge < -0.3 is 9.64 Å². The van der Waals surface area contributed by atoms with Gasteiger partial charge in [0.1, 0.15) is 11.9 Å². The number of ether oxygens (including phenoxy) is 1. The fourth-order valence-corrected chi connectivity index (χ4v) is 3.89. The number of rotatable bonds is 4. The molecule has 3 heterocycles. The van der Waals surface area contributed by atoms with Crippen molar-refractivity contribution in [2.45, 2.75) is 38.1 Å². The van der Waals surface area contributed by atoms with E-state index in [1.54, 1.807) is 6.92 Å². The molecule has 0 radical (unpaired) electrons. The molecule has 1 amide bonds. The molecule has 12 heteroatoms. The lowest BCUT2D eigenvalue weighted by atomic mass is 9.97. The minimum absolute atomic E-state index is 0.0667. The van der Waals surface area contributed by atoms with E-state index >= 15 is 0 Å². The molecular formula is C23H18F6N4O2. The third-order valence-electron chi connectivity index (χ3n) is 5.66. The maximum Gasteiger partial charge on any atom is 0.417 e. The van der Waals surface area contributed by atoms with Crippen molar-refractivity contribution in [2.75, 3.05) is 6.54 Å². The summed E-state index contributed by atoms with van der Waals surface area (Å²) in [6.07, 6.45) is -2.57. The number of hydrogen-bond donors (Lipinski definition) is 0. The van der Waals surface area contributed by atoms with Gasteiger partial charge >= 0.3 is 6.18 Å². The Morgan fingerprint density at radius 2 is 1.77 bits per heavy atom. The predicted molar refractivity (Wildman–Crippen MR) is 111 cm³/mol. The molecule has 1 fully saturated rings. The first-order valence-corrected chi connectivity index (χ1v) is 10.5. The Hall–Kier alpha value is -3.70. The highest BCUT2D eigenvalue weighted by Gasteiger charge is 2.36. The Labute approximate surface area is 195 Å². The number of nitrogens with zero attached hydrogens (tertiary/aromatic N) is 4. The van der Waals surface area contributed by atoms with Gasteiger partial charge in [-0.05, 0) is 38.0 Å². The SMILES string of the molecule is CC1C(Oc2ncc(C(F)(F)F)cc2F)CCCN1C(=O)c1cccc(F)c1-c1ncc(F)cn1. The zero-order valence-corrected chi connectivity index (χ0v) is 18.2. The summed E-state index contributed by atoms with van der Waals surface area (Å²) in [6, 6.07) is 3.45. The Bertz CT molecular complexity index is 1240. The Balaban J connectivity index is 1.59. The third-order valence-corrected chi connectivity index (χ3v) is 5.66. The Kier molecular flexibility index (Phi) is 6.64. The second-order valence-corrected chi connectivity index (χ2v) is 7.93. The van der Waals surface area contributed by atoms with Crippen molar-refractivity contribution in [3.05, 3.63) is 71.4 Å². The summed E-state index contributed by atoms with van der Waals surface area (Å²) >= 11 is 0. The van der Waals surface area contributed by atoms with Crippen molar-refractivity contribution < 1.29 is 35.9 Å². The number of piperidine rings is 1. The average molecular weight is 496 g/mol. The maximum atomic E-state index is 14.7. The van der Waals surface area contributed by atoms with Crippen LogP contribution in [0.2, 0.25) is 0 Å². The van der Waals surface area contributed by atoms with Crippen LogP contribution in [0.3, 0.4) is 0 Å². The maximum absolute atomic E-state index is 14.7. The van der Waals surface area contributed by atoms with Gasteiger partial charge in [-0.1, -0.05) is 6.07 Å². The van der Waals surface area contributed by atoms with Crippen molar-refractivity contribution in [3.8, 4) is 17.3 Å². The number of carbonyl (C=O) groups is 1. The van der Waals surface area contributed by atoms with Gasteiger partial charge in [0.15, 0.2) is 17.5 Å². The first-order valence-electron chi connectivity index (χ1n) is 10.5. The van der Waals surface area contributed by atoms with Gasteiger partial charge in [-0.15, -0.1) is 0 Å². The van der Waals surface area contributed by atoms with Crippen LogP contribution < -0.4 is 4.74 Å². The van der Waals surface area contributed by atoms with Gasteiger partial charge in [-0.2, -0.15) is 13.2 Å². The van der Waals surface area contributed by atoms with E-state index in [1.165, 1.54) is 17.0 Å². The molecule has 1 aliphatic rings. The molecular weight excluding hydrogens is 478 g/mol. The molecule has 35 heavy (non-hydrogen) atoms. The molecule has 6 nitrogen and oxygen atoms in total. The van der Waals surface area contributed by atoms with Gasteiger partial charge in [-0.25, -0.2) is 28.1 Å². The fourth-order valence-electron chi connectivity index (χ4n) is 3.89. The van der Waals surface area contributed by atoms with E-state index in [9.17, 15) is 31.1 Å². The molecule has 2 unspecified atom stereocenters. The number of amides is 1. The van der Waals surface area contributed by atoms with Crippen LogP contribution in [-0.4, -0.2) is 44.4 Å². The second-order valence-electron chi connectivity index (χ2n) is 7.93. The van der Waals surface area contributed by atoms with Crippen molar-refractivity contribution in [2.24, 2.45) is 0 Å². The first-order chi connectivity index (χ1) is 16.6. The summed E-state index contributed by atoms with van der Waals surface area (Å²) in [4.78, 5) is 25.8.